The fraction of sp³-hybridized carbons (Fsp3) is 0.385. The highest BCUT2D eigenvalue weighted by Gasteiger charge is 2.28. The molecule has 0 unspecified atom stereocenters. The number of aromatic nitrogens is 4. The molecule has 2 saturated heterocycles. The highest BCUT2D eigenvalue weighted by atomic mass is 32.1. The normalized spacial score (nSPS) is 16.4. The molecule has 180 valence electrons. The lowest BCUT2D eigenvalue weighted by Gasteiger charge is -2.28. The van der Waals surface area contributed by atoms with E-state index in [1.807, 2.05) is 30.2 Å². The number of anilines is 1. The Bertz CT molecular complexity index is 1400. The van der Waals surface area contributed by atoms with Crippen LogP contribution in [0.2, 0.25) is 0 Å². The molecular formula is C26H28N6O2S. The molecule has 0 saturated carbocycles. The molecule has 1 aromatic carbocycles. The average molecular weight is 489 g/mol. The minimum atomic E-state index is 0.110. The topological polar surface area (TPSA) is 76.4 Å². The van der Waals surface area contributed by atoms with Crippen LogP contribution in [-0.4, -0.2) is 69.9 Å². The summed E-state index contributed by atoms with van der Waals surface area (Å²) in [6.45, 7) is 8.56. The van der Waals surface area contributed by atoms with E-state index in [0.717, 1.165) is 76.8 Å². The van der Waals surface area contributed by atoms with Crippen molar-refractivity contribution in [3.63, 3.8) is 0 Å². The van der Waals surface area contributed by atoms with Gasteiger partial charge in [-0.3, -0.25) is 4.79 Å². The molecule has 35 heavy (non-hydrogen) atoms. The van der Waals surface area contributed by atoms with E-state index in [4.69, 9.17) is 19.8 Å². The molecule has 4 aromatic rings. The number of aryl methyl sites for hydroxylation is 2. The molecule has 0 radical (unpaired) electrons. The maximum absolute atomic E-state index is 13.3. The van der Waals surface area contributed by atoms with Gasteiger partial charge in [-0.25, -0.2) is 9.67 Å². The molecule has 0 N–H and O–H groups in total. The number of carbonyl (C=O) groups excluding carboxylic acids is 1. The van der Waals surface area contributed by atoms with Gasteiger partial charge < -0.3 is 14.5 Å². The van der Waals surface area contributed by atoms with Crippen LogP contribution in [0.15, 0.2) is 36.5 Å². The van der Waals surface area contributed by atoms with Gasteiger partial charge in [-0.05, 0) is 44.4 Å². The second kappa shape index (κ2) is 9.05. The quantitative estimate of drug-likeness (QED) is 0.428. The van der Waals surface area contributed by atoms with Crippen molar-refractivity contribution in [1.29, 1.82) is 0 Å². The molecule has 1 amide bonds. The molecular weight excluding hydrogens is 460 g/mol. The molecule has 2 aliphatic heterocycles. The second-order valence-electron chi connectivity index (χ2n) is 9.19. The van der Waals surface area contributed by atoms with Crippen LogP contribution in [0.1, 0.15) is 33.6 Å². The Kier molecular flexibility index (Phi) is 5.74. The number of morpholine rings is 1. The largest absolute Gasteiger partial charge is 0.378 e. The standard InChI is InChI=1S/C26H28N6O2S/c1-17-6-5-7-19(16-17)20-8-11-32(29-20)26-27-21-18(2)22(25(33)31-9-3-4-10-31)35-23(21)24(28-26)30-12-14-34-15-13-30/h5-8,11,16H,3-4,9-10,12-15H2,1-2H3. The minimum Gasteiger partial charge on any atom is -0.378 e. The Morgan fingerprint density at radius 2 is 1.83 bits per heavy atom. The number of likely N-dealkylation sites (tertiary alicyclic amines) is 1. The molecule has 3 aromatic heterocycles. The SMILES string of the molecule is Cc1cccc(-c2ccn(-c3nc(N4CCOCC4)c4sc(C(=O)N5CCCC5)c(C)c4n3)n2)c1. The minimum absolute atomic E-state index is 0.110. The zero-order valence-electron chi connectivity index (χ0n) is 20.0. The third-order valence-electron chi connectivity index (χ3n) is 6.74. The first-order chi connectivity index (χ1) is 17.1. The number of nitrogens with zero attached hydrogens (tertiary/aromatic N) is 6. The van der Waals surface area contributed by atoms with Gasteiger partial charge in [0.15, 0.2) is 5.82 Å². The van der Waals surface area contributed by atoms with Crippen molar-refractivity contribution >= 4 is 33.3 Å². The number of carbonyl (C=O) groups is 1. The highest BCUT2D eigenvalue weighted by Crippen LogP contribution is 2.37. The zero-order valence-corrected chi connectivity index (χ0v) is 20.8. The van der Waals surface area contributed by atoms with E-state index in [-0.39, 0.29) is 5.91 Å². The number of thiophene rings is 1. The summed E-state index contributed by atoms with van der Waals surface area (Å²) in [7, 11) is 0. The van der Waals surface area contributed by atoms with Crippen LogP contribution in [0, 0.1) is 13.8 Å². The number of hydrogen-bond donors (Lipinski definition) is 0. The number of ether oxygens (including phenoxy) is 1. The van der Waals surface area contributed by atoms with Gasteiger partial charge in [0.05, 0.1) is 34.0 Å². The first-order valence-corrected chi connectivity index (χ1v) is 13.0. The second-order valence-corrected chi connectivity index (χ2v) is 10.2. The molecule has 6 rings (SSSR count). The Labute approximate surface area is 208 Å². The lowest BCUT2D eigenvalue weighted by molar-refractivity contribution is 0.0797. The van der Waals surface area contributed by atoms with Crippen molar-refractivity contribution in [1.82, 2.24) is 24.6 Å². The van der Waals surface area contributed by atoms with Crippen LogP contribution >= 0.6 is 11.3 Å². The van der Waals surface area contributed by atoms with Crippen LogP contribution in [0.25, 0.3) is 27.4 Å². The lowest BCUT2D eigenvalue weighted by Crippen LogP contribution is -2.37. The van der Waals surface area contributed by atoms with E-state index in [1.165, 1.54) is 16.9 Å². The van der Waals surface area contributed by atoms with E-state index in [2.05, 4.69) is 30.0 Å². The Morgan fingerprint density at radius 1 is 1.03 bits per heavy atom. The van der Waals surface area contributed by atoms with Crippen LogP contribution in [0.4, 0.5) is 5.82 Å². The summed E-state index contributed by atoms with van der Waals surface area (Å²) in [6, 6.07) is 10.3. The number of hydrogen-bond acceptors (Lipinski definition) is 7. The molecule has 0 atom stereocenters. The first kappa shape index (κ1) is 22.2. The van der Waals surface area contributed by atoms with E-state index < -0.39 is 0 Å². The predicted octanol–water partition coefficient (Wildman–Crippen LogP) is 4.23. The monoisotopic (exact) mass is 488 g/mol. The van der Waals surface area contributed by atoms with Crippen molar-refractivity contribution < 1.29 is 9.53 Å². The average Bonchev–Trinajstić information content (AvgIpc) is 3.65. The first-order valence-electron chi connectivity index (χ1n) is 12.1. The lowest BCUT2D eigenvalue weighted by atomic mass is 10.1. The van der Waals surface area contributed by atoms with Crippen molar-refractivity contribution in [3.05, 3.63) is 52.5 Å². The van der Waals surface area contributed by atoms with Crippen molar-refractivity contribution in [3.8, 4) is 17.2 Å². The predicted molar refractivity (Wildman–Crippen MR) is 138 cm³/mol. The molecule has 2 fully saturated rings. The summed E-state index contributed by atoms with van der Waals surface area (Å²) in [5.41, 5.74) is 4.87. The van der Waals surface area contributed by atoms with Gasteiger partial charge in [-0.2, -0.15) is 10.1 Å². The van der Waals surface area contributed by atoms with Gasteiger partial charge in [-0.15, -0.1) is 11.3 Å². The van der Waals surface area contributed by atoms with Gasteiger partial charge in [0.25, 0.3) is 11.9 Å². The molecule has 5 heterocycles. The van der Waals surface area contributed by atoms with Gasteiger partial charge in [0, 0.05) is 37.9 Å². The summed E-state index contributed by atoms with van der Waals surface area (Å²) in [5.74, 6) is 1.48. The summed E-state index contributed by atoms with van der Waals surface area (Å²) >= 11 is 1.52. The molecule has 9 heteroatoms. The Balaban J connectivity index is 1.46. The van der Waals surface area contributed by atoms with Crippen molar-refractivity contribution in [2.24, 2.45) is 0 Å². The number of rotatable bonds is 4. The molecule has 2 aliphatic rings. The van der Waals surface area contributed by atoms with Gasteiger partial charge >= 0.3 is 0 Å². The van der Waals surface area contributed by atoms with Gasteiger partial charge in [-0.1, -0.05) is 23.8 Å². The fourth-order valence-electron chi connectivity index (χ4n) is 4.81. The third kappa shape index (κ3) is 4.08. The summed E-state index contributed by atoms with van der Waals surface area (Å²) in [5, 5.41) is 4.80. The third-order valence-corrected chi connectivity index (χ3v) is 8.01. The summed E-state index contributed by atoms with van der Waals surface area (Å²) in [6.07, 6.45) is 4.04. The smallest absolute Gasteiger partial charge is 0.264 e. The van der Waals surface area contributed by atoms with E-state index >= 15 is 0 Å². The van der Waals surface area contributed by atoms with Crippen LogP contribution in [0.5, 0.6) is 0 Å². The van der Waals surface area contributed by atoms with Crippen molar-refractivity contribution in [2.75, 3.05) is 44.3 Å². The van der Waals surface area contributed by atoms with E-state index in [9.17, 15) is 4.79 Å². The number of benzene rings is 1. The number of amides is 1. The van der Waals surface area contributed by atoms with E-state index in [0.29, 0.717) is 19.2 Å². The molecule has 8 nitrogen and oxygen atoms in total. The zero-order chi connectivity index (χ0) is 23.9. The van der Waals surface area contributed by atoms with Crippen LogP contribution in [-0.2, 0) is 4.74 Å². The maximum atomic E-state index is 13.3. The molecule has 0 aliphatic carbocycles. The van der Waals surface area contributed by atoms with Gasteiger partial charge in [0.1, 0.15) is 0 Å². The fourth-order valence-corrected chi connectivity index (χ4v) is 6.05. The number of fused-ring (bicyclic) bond motifs is 1. The Hall–Kier alpha value is -3.30. The van der Waals surface area contributed by atoms with E-state index in [1.54, 1.807) is 4.68 Å². The summed E-state index contributed by atoms with van der Waals surface area (Å²) < 4.78 is 8.28. The van der Waals surface area contributed by atoms with Crippen LogP contribution < -0.4 is 4.90 Å². The maximum Gasteiger partial charge on any atom is 0.264 e. The van der Waals surface area contributed by atoms with Gasteiger partial charge in [0.2, 0.25) is 0 Å². The van der Waals surface area contributed by atoms with Crippen LogP contribution in [0.3, 0.4) is 0 Å². The molecule has 0 spiro atoms. The Morgan fingerprint density at radius 3 is 2.60 bits per heavy atom. The van der Waals surface area contributed by atoms with Crippen molar-refractivity contribution in [2.45, 2.75) is 26.7 Å². The summed E-state index contributed by atoms with van der Waals surface area (Å²) in [4.78, 5) is 28.2. The molecule has 0 bridgehead atoms. The highest BCUT2D eigenvalue weighted by molar-refractivity contribution is 7.21.